The predicted molar refractivity (Wildman–Crippen MR) is 44.2 cm³/mol. The third kappa shape index (κ3) is 1.43. The smallest absolute Gasteiger partial charge is 0.120 e. The first kappa shape index (κ1) is 7.87. The molecule has 0 amide bonds. The molecule has 2 heteroatoms. The maximum Gasteiger partial charge on any atom is 0.120 e. The molecule has 0 atom stereocenters. The maximum atomic E-state index is 8.69. The third-order valence-electron chi connectivity index (χ3n) is 1.82. The lowest BCUT2D eigenvalue weighted by atomic mass is 10.2. The highest BCUT2D eigenvalue weighted by Gasteiger charge is 2.00. The molecule has 0 aliphatic rings. The monoisotopic (exact) mass is 148 g/mol. The van der Waals surface area contributed by atoms with Gasteiger partial charge in [0.05, 0.1) is 0 Å². The Morgan fingerprint density at radius 2 is 2.27 bits per heavy atom. The van der Waals surface area contributed by atoms with E-state index in [0.717, 1.165) is 18.7 Å². The van der Waals surface area contributed by atoms with Crippen molar-refractivity contribution in [2.45, 2.75) is 26.8 Å². The van der Waals surface area contributed by atoms with Crippen LogP contribution in [0.4, 0.5) is 0 Å². The molecule has 1 aromatic rings. The van der Waals surface area contributed by atoms with E-state index < -0.39 is 0 Å². The van der Waals surface area contributed by atoms with Crippen LogP contribution in [0.15, 0.2) is 12.3 Å². The topological polar surface area (TPSA) is 28.7 Å². The molecule has 0 aromatic carbocycles. The summed E-state index contributed by atoms with van der Waals surface area (Å²) in [5, 5.41) is 8.69. The van der Waals surface area contributed by atoms with Gasteiger partial charge >= 0.3 is 0 Å². The number of nitriles is 1. The molecule has 58 valence electrons. The Labute approximate surface area is 67.1 Å². The van der Waals surface area contributed by atoms with E-state index in [2.05, 4.69) is 13.0 Å². The molecule has 0 saturated carbocycles. The van der Waals surface area contributed by atoms with Crippen molar-refractivity contribution in [1.29, 1.82) is 5.26 Å². The Morgan fingerprint density at radius 1 is 1.55 bits per heavy atom. The Morgan fingerprint density at radius 3 is 2.64 bits per heavy atom. The molecule has 0 saturated heterocycles. The van der Waals surface area contributed by atoms with Crippen molar-refractivity contribution in [1.82, 2.24) is 4.57 Å². The van der Waals surface area contributed by atoms with E-state index in [4.69, 9.17) is 5.26 Å². The summed E-state index contributed by atoms with van der Waals surface area (Å²) in [6, 6.07) is 4.11. The van der Waals surface area contributed by atoms with Crippen LogP contribution in [-0.2, 0) is 13.0 Å². The van der Waals surface area contributed by atoms with E-state index in [1.165, 1.54) is 5.56 Å². The standard InChI is InChI=1S/C9H12N2/c1-3-8-5-9(6-10)11(4-2)7-8/h5,7H,3-4H2,1-2H3. The molecular weight excluding hydrogens is 136 g/mol. The maximum absolute atomic E-state index is 8.69. The summed E-state index contributed by atoms with van der Waals surface area (Å²) in [4.78, 5) is 0. The van der Waals surface area contributed by atoms with Crippen molar-refractivity contribution in [3.63, 3.8) is 0 Å². The average Bonchev–Trinajstić information content (AvgIpc) is 2.46. The molecule has 0 spiro atoms. The minimum atomic E-state index is 0.768. The van der Waals surface area contributed by atoms with E-state index in [1.54, 1.807) is 0 Å². The molecule has 0 bridgehead atoms. The van der Waals surface area contributed by atoms with Gasteiger partial charge < -0.3 is 4.57 Å². The van der Waals surface area contributed by atoms with Crippen molar-refractivity contribution in [3.05, 3.63) is 23.5 Å². The summed E-state index contributed by atoms with van der Waals surface area (Å²) in [7, 11) is 0. The molecule has 1 aromatic heterocycles. The van der Waals surface area contributed by atoms with Gasteiger partial charge in [-0.15, -0.1) is 0 Å². The first-order chi connectivity index (χ1) is 5.31. The molecule has 1 heterocycles. The van der Waals surface area contributed by atoms with Gasteiger partial charge in [-0.05, 0) is 25.0 Å². The van der Waals surface area contributed by atoms with Crippen molar-refractivity contribution < 1.29 is 0 Å². The van der Waals surface area contributed by atoms with Gasteiger partial charge in [-0.3, -0.25) is 0 Å². The zero-order valence-electron chi connectivity index (χ0n) is 6.96. The Bertz CT molecular complexity index is 278. The number of aryl methyl sites for hydroxylation is 2. The van der Waals surface area contributed by atoms with E-state index in [-0.39, 0.29) is 0 Å². The van der Waals surface area contributed by atoms with Crippen molar-refractivity contribution >= 4 is 0 Å². The number of hydrogen-bond acceptors (Lipinski definition) is 1. The first-order valence-electron chi connectivity index (χ1n) is 3.91. The largest absolute Gasteiger partial charge is 0.339 e. The SMILES string of the molecule is CCc1cc(C#N)n(CC)c1. The van der Waals surface area contributed by atoms with Gasteiger partial charge in [-0.25, -0.2) is 0 Å². The third-order valence-corrected chi connectivity index (χ3v) is 1.82. The summed E-state index contributed by atoms with van der Waals surface area (Å²) >= 11 is 0. The van der Waals surface area contributed by atoms with Gasteiger partial charge in [0.15, 0.2) is 0 Å². The van der Waals surface area contributed by atoms with Crippen LogP contribution in [0.2, 0.25) is 0 Å². The van der Waals surface area contributed by atoms with Gasteiger partial charge in [0, 0.05) is 12.7 Å². The van der Waals surface area contributed by atoms with E-state index in [9.17, 15) is 0 Å². The lowest BCUT2D eigenvalue weighted by Gasteiger charge is -1.95. The number of nitrogens with zero attached hydrogens (tertiary/aromatic N) is 2. The van der Waals surface area contributed by atoms with Gasteiger partial charge in [-0.1, -0.05) is 6.92 Å². The van der Waals surface area contributed by atoms with Crippen LogP contribution in [0.3, 0.4) is 0 Å². The second-order valence-corrected chi connectivity index (χ2v) is 2.48. The fourth-order valence-corrected chi connectivity index (χ4v) is 1.12. The van der Waals surface area contributed by atoms with Gasteiger partial charge in [0.1, 0.15) is 11.8 Å². The van der Waals surface area contributed by atoms with E-state index in [1.807, 2.05) is 23.8 Å². The normalized spacial score (nSPS) is 9.55. The lowest BCUT2D eigenvalue weighted by Crippen LogP contribution is -1.93. The highest BCUT2D eigenvalue weighted by Crippen LogP contribution is 2.07. The molecule has 2 nitrogen and oxygen atoms in total. The van der Waals surface area contributed by atoms with E-state index in [0.29, 0.717) is 0 Å². The molecule has 0 N–H and O–H groups in total. The zero-order chi connectivity index (χ0) is 8.27. The van der Waals surface area contributed by atoms with Crippen molar-refractivity contribution in [3.8, 4) is 6.07 Å². The minimum absolute atomic E-state index is 0.768. The molecular formula is C9H12N2. The summed E-state index contributed by atoms with van der Waals surface area (Å²) in [5.41, 5.74) is 2.01. The molecule has 0 radical (unpaired) electrons. The molecule has 11 heavy (non-hydrogen) atoms. The Balaban J connectivity index is 3.05. The molecule has 0 aliphatic carbocycles. The second-order valence-electron chi connectivity index (χ2n) is 2.48. The van der Waals surface area contributed by atoms with Crippen LogP contribution < -0.4 is 0 Å². The Kier molecular flexibility index (Phi) is 2.32. The Hall–Kier alpha value is -1.23. The molecule has 0 fully saturated rings. The summed E-state index contributed by atoms with van der Waals surface area (Å²) in [5.74, 6) is 0. The van der Waals surface area contributed by atoms with Crippen LogP contribution in [0.1, 0.15) is 25.1 Å². The lowest BCUT2D eigenvalue weighted by molar-refractivity contribution is 0.755. The quantitative estimate of drug-likeness (QED) is 0.630. The minimum Gasteiger partial charge on any atom is -0.339 e. The first-order valence-corrected chi connectivity index (χ1v) is 3.91. The summed E-state index contributed by atoms with van der Waals surface area (Å²) in [6.45, 7) is 5.01. The molecule has 1 rings (SSSR count). The van der Waals surface area contributed by atoms with Gasteiger partial charge in [0.25, 0.3) is 0 Å². The van der Waals surface area contributed by atoms with Crippen LogP contribution in [-0.4, -0.2) is 4.57 Å². The van der Waals surface area contributed by atoms with Crippen LogP contribution in [0.5, 0.6) is 0 Å². The second kappa shape index (κ2) is 3.25. The fourth-order valence-electron chi connectivity index (χ4n) is 1.12. The number of rotatable bonds is 2. The summed E-state index contributed by atoms with van der Waals surface area (Å²) in [6.07, 6.45) is 3.04. The van der Waals surface area contributed by atoms with Gasteiger partial charge in [-0.2, -0.15) is 5.26 Å². The number of hydrogen-bond donors (Lipinski definition) is 0. The number of aromatic nitrogens is 1. The fraction of sp³-hybridized carbons (Fsp3) is 0.444. The average molecular weight is 148 g/mol. The highest BCUT2D eigenvalue weighted by atomic mass is 15.0. The van der Waals surface area contributed by atoms with E-state index >= 15 is 0 Å². The molecule has 0 aliphatic heterocycles. The molecule has 0 unspecified atom stereocenters. The van der Waals surface area contributed by atoms with Crippen molar-refractivity contribution in [2.24, 2.45) is 0 Å². The van der Waals surface area contributed by atoms with Crippen molar-refractivity contribution in [2.75, 3.05) is 0 Å². The van der Waals surface area contributed by atoms with Crippen LogP contribution >= 0.6 is 0 Å². The van der Waals surface area contributed by atoms with Crippen LogP contribution in [0.25, 0.3) is 0 Å². The zero-order valence-corrected chi connectivity index (χ0v) is 6.96. The highest BCUT2D eigenvalue weighted by molar-refractivity contribution is 5.28. The predicted octanol–water partition coefficient (Wildman–Crippen LogP) is 1.94. The van der Waals surface area contributed by atoms with Crippen LogP contribution in [0, 0.1) is 11.3 Å². The van der Waals surface area contributed by atoms with Gasteiger partial charge in [0.2, 0.25) is 0 Å². The summed E-state index contributed by atoms with van der Waals surface area (Å²) < 4.78 is 1.97.